The van der Waals surface area contributed by atoms with Gasteiger partial charge in [0.2, 0.25) is 17.7 Å². The molecular formula is C18H34N4O6. The van der Waals surface area contributed by atoms with Crippen molar-refractivity contribution in [2.45, 2.75) is 78.2 Å². The zero-order chi connectivity index (χ0) is 22.2. The van der Waals surface area contributed by atoms with Gasteiger partial charge in [0.15, 0.2) is 0 Å². The van der Waals surface area contributed by atoms with Crippen LogP contribution >= 0.6 is 0 Å². The fourth-order valence-corrected chi connectivity index (χ4v) is 2.39. The molecule has 6 unspecified atom stereocenters. The number of carboxylic acids is 1. The monoisotopic (exact) mass is 402 g/mol. The Kier molecular flexibility index (Phi) is 10.7. The molecule has 0 heterocycles. The fraction of sp³-hybridized carbons (Fsp3) is 0.778. The van der Waals surface area contributed by atoms with E-state index in [0.29, 0.717) is 6.42 Å². The van der Waals surface area contributed by atoms with Gasteiger partial charge in [0.1, 0.15) is 18.1 Å². The van der Waals surface area contributed by atoms with Crippen LogP contribution in [0.1, 0.15) is 48.0 Å². The van der Waals surface area contributed by atoms with E-state index in [1.54, 1.807) is 20.8 Å². The lowest BCUT2D eigenvalue weighted by atomic mass is 9.97. The van der Waals surface area contributed by atoms with Crippen LogP contribution in [-0.2, 0) is 19.2 Å². The van der Waals surface area contributed by atoms with Gasteiger partial charge in [-0.25, -0.2) is 4.79 Å². The number of rotatable bonds is 11. The molecule has 0 radical (unpaired) electrons. The molecule has 10 heteroatoms. The molecular weight excluding hydrogens is 368 g/mol. The number of aliphatic hydroxyl groups is 1. The SMILES string of the molecule is CCC(C)C(NC(=O)C(C)N)C(=O)NC(C(=O)NC(C(=O)O)C(C)C)C(C)O. The molecule has 0 saturated heterocycles. The predicted molar refractivity (Wildman–Crippen MR) is 103 cm³/mol. The zero-order valence-corrected chi connectivity index (χ0v) is 17.4. The molecule has 0 bridgehead atoms. The Morgan fingerprint density at radius 2 is 1.25 bits per heavy atom. The summed E-state index contributed by atoms with van der Waals surface area (Å²) in [6, 6.07) is -4.34. The Hall–Kier alpha value is -2.20. The topological polar surface area (TPSA) is 171 Å². The van der Waals surface area contributed by atoms with Crippen LogP contribution in [0, 0.1) is 11.8 Å². The van der Waals surface area contributed by atoms with E-state index in [0.717, 1.165) is 0 Å². The Bertz CT molecular complexity index is 564. The Morgan fingerprint density at radius 3 is 1.61 bits per heavy atom. The summed E-state index contributed by atoms with van der Waals surface area (Å²) < 4.78 is 0. The largest absolute Gasteiger partial charge is 0.480 e. The normalized spacial score (nSPS) is 17.6. The average Bonchev–Trinajstić information content (AvgIpc) is 2.59. The number of carbonyl (C=O) groups excluding carboxylic acids is 3. The van der Waals surface area contributed by atoms with Gasteiger partial charge in [0.05, 0.1) is 12.1 Å². The molecule has 0 aromatic carbocycles. The number of nitrogens with one attached hydrogen (secondary N) is 3. The number of aliphatic hydroxyl groups excluding tert-OH is 1. The van der Waals surface area contributed by atoms with Crippen LogP contribution in [0.3, 0.4) is 0 Å². The predicted octanol–water partition coefficient (Wildman–Crippen LogP) is -1.04. The standard InChI is InChI=1S/C18H34N4O6/c1-7-9(4)13(21-15(24)10(5)19)16(25)22-14(11(6)23)17(26)20-12(8(2)3)18(27)28/h8-14,23H,7,19H2,1-6H3,(H,20,26)(H,21,24)(H,22,25)(H,27,28). The van der Waals surface area contributed by atoms with Gasteiger partial charge in [-0.1, -0.05) is 34.1 Å². The molecule has 3 amide bonds. The van der Waals surface area contributed by atoms with Gasteiger partial charge in [0.25, 0.3) is 0 Å². The van der Waals surface area contributed by atoms with Crippen LogP contribution in [0.4, 0.5) is 0 Å². The molecule has 162 valence electrons. The van der Waals surface area contributed by atoms with Crippen LogP contribution in [0.2, 0.25) is 0 Å². The lowest BCUT2D eigenvalue weighted by Gasteiger charge is -2.29. The van der Waals surface area contributed by atoms with Crippen molar-refractivity contribution in [1.82, 2.24) is 16.0 Å². The number of nitrogens with two attached hydrogens (primary N) is 1. The first-order chi connectivity index (χ1) is 12.8. The van der Waals surface area contributed by atoms with Crippen molar-refractivity contribution in [3.63, 3.8) is 0 Å². The molecule has 0 aliphatic heterocycles. The molecule has 28 heavy (non-hydrogen) atoms. The van der Waals surface area contributed by atoms with Gasteiger partial charge in [-0.05, 0) is 25.7 Å². The molecule has 10 nitrogen and oxygen atoms in total. The number of carboxylic acid groups (broad SMARTS) is 1. The third-order valence-corrected chi connectivity index (χ3v) is 4.50. The van der Waals surface area contributed by atoms with Crippen molar-refractivity contribution >= 4 is 23.7 Å². The molecule has 0 rings (SSSR count). The second-order valence-electron chi connectivity index (χ2n) is 7.46. The number of hydrogen-bond donors (Lipinski definition) is 6. The number of hydrogen-bond acceptors (Lipinski definition) is 6. The van der Waals surface area contributed by atoms with Crippen molar-refractivity contribution in [2.75, 3.05) is 0 Å². The van der Waals surface area contributed by atoms with Crippen molar-refractivity contribution in [3.05, 3.63) is 0 Å². The summed E-state index contributed by atoms with van der Waals surface area (Å²) in [7, 11) is 0. The Balaban J connectivity index is 5.41. The number of amides is 3. The summed E-state index contributed by atoms with van der Waals surface area (Å²) in [5.41, 5.74) is 5.53. The quantitative estimate of drug-likeness (QED) is 0.256. The van der Waals surface area contributed by atoms with Crippen LogP contribution in [0.5, 0.6) is 0 Å². The molecule has 0 saturated carbocycles. The molecule has 0 fully saturated rings. The van der Waals surface area contributed by atoms with E-state index in [2.05, 4.69) is 16.0 Å². The van der Waals surface area contributed by atoms with E-state index < -0.39 is 59.9 Å². The first-order valence-electron chi connectivity index (χ1n) is 9.40. The van der Waals surface area contributed by atoms with E-state index in [-0.39, 0.29) is 5.92 Å². The summed E-state index contributed by atoms with van der Waals surface area (Å²) in [5.74, 6) is -3.90. The summed E-state index contributed by atoms with van der Waals surface area (Å²) in [5, 5.41) is 26.4. The average molecular weight is 402 g/mol. The highest BCUT2D eigenvalue weighted by Gasteiger charge is 2.34. The molecule has 0 spiro atoms. The van der Waals surface area contributed by atoms with E-state index in [1.807, 2.05) is 6.92 Å². The second-order valence-corrected chi connectivity index (χ2v) is 7.46. The van der Waals surface area contributed by atoms with Gasteiger partial charge in [-0.15, -0.1) is 0 Å². The van der Waals surface area contributed by atoms with Gasteiger partial charge in [-0.3, -0.25) is 14.4 Å². The summed E-state index contributed by atoms with van der Waals surface area (Å²) >= 11 is 0. The summed E-state index contributed by atoms with van der Waals surface area (Å²) in [4.78, 5) is 48.4. The van der Waals surface area contributed by atoms with Crippen LogP contribution in [-0.4, -0.2) is 64.2 Å². The zero-order valence-electron chi connectivity index (χ0n) is 17.4. The molecule has 0 aliphatic rings. The lowest BCUT2D eigenvalue weighted by molar-refractivity contribution is -0.144. The minimum Gasteiger partial charge on any atom is -0.480 e. The van der Waals surface area contributed by atoms with Crippen LogP contribution in [0.25, 0.3) is 0 Å². The lowest BCUT2D eigenvalue weighted by Crippen LogP contribution is -2.61. The molecule has 6 atom stereocenters. The second kappa shape index (κ2) is 11.6. The van der Waals surface area contributed by atoms with Crippen molar-refractivity contribution in [2.24, 2.45) is 17.6 Å². The molecule has 0 aliphatic carbocycles. The third kappa shape index (κ3) is 7.81. The maximum atomic E-state index is 12.7. The maximum absolute atomic E-state index is 12.7. The molecule has 0 aromatic rings. The number of carbonyl (C=O) groups is 4. The third-order valence-electron chi connectivity index (χ3n) is 4.50. The van der Waals surface area contributed by atoms with Crippen molar-refractivity contribution in [1.29, 1.82) is 0 Å². The fourth-order valence-electron chi connectivity index (χ4n) is 2.39. The molecule has 7 N–H and O–H groups in total. The highest BCUT2D eigenvalue weighted by Crippen LogP contribution is 2.10. The Labute approximate surface area is 165 Å². The smallest absolute Gasteiger partial charge is 0.326 e. The van der Waals surface area contributed by atoms with Crippen molar-refractivity contribution in [3.8, 4) is 0 Å². The van der Waals surface area contributed by atoms with E-state index in [9.17, 15) is 29.4 Å². The van der Waals surface area contributed by atoms with Crippen LogP contribution in [0.15, 0.2) is 0 Å². The van der Waals surface area contributed by atoms with Gasteiger partial charge >= 0.3 is 5.97 Å². The first kappa shape index (κ1) is 25.8. The maximum Gasteiger partial charge on any atom is 0.326 e. The summed E-state index contributed by atoms with van der Waals surface area (Å²) in [6.07, 6.45) is -0.718. The van der Waals surface area contributed by atoms with Gasteiger partial charge in [0, 0.05) is 0 Å². The minimum atomic E-state index is -1.38. The first-order valence-corrected chi connectivity index (χ1v) is 9.40. The number of aliphatic carboxylic acids is 1. The van der Waals surface area contributed by atoms with Gasteiger partial charge in [-0.2, -0.15) is 0 Å². The Morgan fingerprint density at radius 1 is 0.821 bits per heavy atom. The highest BCUT2D eigenvalue weighted by atomic mass is 16.4. The minimum absolute atomic E-state index is 0.261. The van der Waals surface area contributed by atoms with E-state index in [1.165, 1.54) is 13.8 Å². The van der Waals surface area contributed by atoms with Crippen molar-refractivity contribution < 1.29 is 29.4 Å². The van der Waals surface area contributed by atoms with Crippen LogP contribution < -0.4 is 21.7 Å². The van der Waals surface area contributed by atoms with E-state index in [4.69, 9.17) is 5.73 Å². The molecule has 0 aromatic heterocycles. The van der Waals surface area contributed by atoms with Gasteiger partial charge < -0.3 is 31.9 Å². The van der Waals surface area contributed by atoms with E-state index >= 15 is 0 Å². The summed E-state index contributed by atoms with van der Waals surface area (Å²) in [6.45, 7) is 9.61. The highest BCUT2D eigenvalue weighted by molar-refractivity contribution is 5.94.